The highest BCUT2D eigenvalue weighted by atomic mass is 32.2. The van der Waals surface area contributed by atoms with Crippen LogP contribution in [0.4, 0.5) is 5.69 Å². The van der Waals surface area contributed by atoms with Crippen molar-refractivity contribution in [2.24, 2.45) is 0 Å². The van der Waals surface area contributed by atoms with Crippen molar-refractivity contribution in [1.82, 2.24) is 5.32 Å². The zero-order valence-corrected chi connectivity index (χ0v) is 20.7. The van der Waals surface area contributed by atoms with Gasteiger partial charge in [-0.15, -0.1) is 0 Å². The number of methoxy groups -OCH3 is 1. The molecule has 0 aromatic heterocycles. The predicted molar refractivity (Wildman–Crippen MR) is 128 cm³/mol. The third kappa shape index (κ3) is 5.90. The second kappa shape index (κ2) is 9.51. The monoisotopic (exact) mass is 476 g/mol. The molecule has 1 heterocycles. The highest BCUT2D eigenvalue weighted by Gasteiger charge is 2.36. The van der Waals surface area contributed by atoms with E-state index in [0.29, 0.717) is 35.8 Å². The first-order chi connectivity index (χ1) is 15.4. The van der Waals surface area contributed by atoms with Crippen LogP contribution in [0.15, 0.2) is 42.5 Å². The lowest BCUT2D eigenvalue weighted by Crippen LogP contribution is -2.45. The molecule has 1 aliphatic heterocycles. The summed E-state index contributed by atoms with van der Waals surface area (Å²) in [7, 11) is -0.271. The van der Waals surface area contributed by atoms with Gasteiger partial charge < -0.3 is 19.5 Å². The fourth-order valence-corrected chi connectivity index (χ4v) is 4.27. The van der Waals surface area contributed by atoms with Crippen molar-refractivity contribution in [3.8, 4) is 17.2 Å². The van der Waals surface area contributed by atoms with E-state index in [1.54, 1.807) is 31.4 Å². The second-order valence-electron chi connectivity index (χ2n) is 8.77. The Bertz CT molecular complexity index is 1100. The maximum absolute atomic E-state index is 13.1. The largest absolute Gasteiger partial charge is 0.497 e. The second-order valence-corrected chi connectivity index (χ2v) is 10.8. The molecule has 0 aliphatic carbocycles. The number of hydrogen-bond donors (Lipinski definition) is 1. The average molecular weight is 477 g/mol. The van der Waals surface area contributed by atoms with Gasteiger partial charge in [-0.2, -0.15) is 0 Å². The first kappa shape index (κ1) is 24.7. The number of fused-ring (bicyclic) bond motifs is 1. The third-order valence-corrected chi connectivity index (χ3v) is 6.84. The molecule has 8 nitrogen and oxygen atoms in total. The topological polar surface area (TPSA) is 94.2 Å². The molecule has 180 valence electrons. The molecule has 3 rings (SSSR count). The summed E-state index contributed by atoms with van der Waals surface area (Å²) in [6.45, 7) is 5.84. The van der Waals surface area contributed by atoms with Crippen LogP contribution in [-0.4, -0.2) is 46.4 Å². The normalized spacial score (nSPS) is 17.8. The third-order valence-electron chi connectivity index (χ3n) is 5.63. The summed E-state index contributed by atoms with van der Waals surface area (Å²) in [5, 5.41) is 3.12. The quantitative estimate of drug-likeness (QED) is 0.625. The van der Waals surface area contributed by atoms with Crippen LogP contribution in [-0.2, 0) is 14.8 Å². The lowest BCUT2D eigenvalue weighted by Gasteiger charge is -2.38. The molecule has 0 saturated heterocycles. The Balaban J connectivity index is 1.74. The smallest absolute Gasteiger partial charge is 0.261 e. The van der Waals surface area contributed by atoms with Gasteiger partial charge in [0, 0.05) is 25.1 Å². The zero-order valence-electron chi connectivity index (χ0n) is 19.9. The highest BCUT2D eigenvalue weighted by molar-refractivity contribution is 7.92. The van der Waals surface area contributed by atoms with E-state index in [1.807, 2.05) is 39.0 Å². The highest BCUT2D eigenvalue weighted by Crippen LogP contribution is 2.41. The molecule has 0 radical (unpaired) electrons. The lowest BCUT2D eigenvalue weighted by molar-refractivity contribution is -0.129. The van der Waals surface area contributed by atoms with Crippen molar-refractivity contribution in [2.45, 2.75) is 51.4 Å². The summed E-state index contributed by atoms with van der Waals surface area (Å²) < 4.78 is 41.9. The van der Waals surface area contributed by atoms with Gasteiger partial charge in [0.05, 0.1) is 25.1 Å². The van der Waals surface area contributed by atoms with E-state index < -0.39 is 21.7 Å². The predicted octanol–water partition coefficient (Wildman–Crippen LogP) is 3.67. The standard InChI is InChI=1S/C24H32N2O6S/c1-7-21(31-17-10-8-16(9-11-17)26(4)33(6,28)29)23(27)25-20-15-24(2,3)32-22-14-18(30-5)12-13-19(20)22/h8-14,20-21H,7,15H2,1-6H3,(H,25,27)/t20-,21-/m0/s1. The van der Waals surface area contributed by atoms with Crippen LogP contribution in [0.25, 0.3) is 0 Å². The van der Waals surface area contributed by atoms with E-state index in [4.69, 9.17) is 14.2 Å². The number of carbonyl (C=O) groups is 1. The van der Waals surface area contributed by atoms with E-state index in [0.717, 1.165) is 11.8 Å². The van der Waals surface area contributed by atoms with E-state index >= 15 is 0 Å². The van der Waals surface area contributed by atoms with Crippen LogP contribution >= 0.6 is 0 Å². The maximum atomic E-state index is 13.1. The fourth-order valence-electron chi connectivity index (χ4n) is 3.76. The molecule has 0 fully saturated rings. The fraction of sp³-hybridized carbons (Fsp3) is 0.458. The van der Waals surface area contributed by atoms with Crippen LogP contribution in [0.3, 0.4) is 0 Å². The van der Waals surface area contributed by atoms with Gasteiger partial charge in [0.1, 0.15) is 22.8 Å². The molecule has 1 N–H and O–H groups in total. The molecule has 0 bridgehead atoms. The molecule has 0 spiro atoms. The number of rotatable bonds is 8. The van der Waals surface area contributed by atoms with Gasteiger partial charge in [0.2, 0.25) is 10.0 Å². The molecule has 2 aromatic carbocycles. The Morgan fingerprint density at radius 1 is 1.21 bits per heavy atom. The minimum absolute atomic E-state index is 0.223. The number of nitrogens with zero attached hydrogens (tertiary/aromatic N) is 1. The number of carbonyl (C=O) groups excluding carboxylic acids is 1. The summed E-state index contributed by atoms with van der Waals surface area (Å²) in [4.78, 5) is 13.1. The van der Waals surface area contributed by atoms with Gasteiger partial charge in [-0.05, 0) is 56.7 Å². The molecule has 9 heteroatoms. The van der Waals surface area contributed by atoms with Gasteiger partial charge >= 0.3 is 0 Å². The SMILES string of the molecule is CC[C@H](Oc1ccc(N(C)S(C)(=O)=O)cc1)C(=O)N[C@H]1CC(C)(C)Oc2cc(OC)ccc21. The number of amides is 1. The van der Waals surface area contributed by atoms with E-state index in [-0.39, 0.29) is 11.9 Å². The summed E-state index contributed by atoms with van der Waals surface area (Å²) in [5.41, 5.74) is 0.951. The number of sulfonamides is 1. The molecular formula is C24H32N2O6S. The van der Waals surface area contributed by atoms with E-state index in [1.165, 1.54) is 11.4 Å². The van der Waals surface area contributed by atoms with Gasteiger partial charge in [-0.1, -0.05) is 6.92 Å². The van der Waals surface area contributed by atoms with Crippen LogP contribution in [0.1, 0.15) is 45.2 Å². The summed E-state index contributed by atoms with van der Waals surface area (Å²) in [6, 6.07) is 12.0. The lowest BCUT2D eigenvalue weighted by atomic mass is 9.89. The van der Waals surface area contributed by atoms with Crippen molar-refractivity contribution in [3.05, 3.63) is 48.0 Å². The van der Waals surface area contributed by atoms with Crippen molar-refractivity contribution >= 4 is 21.6 Å². The van der Waals surface area contributed by atoms with Gasteiger partial charge in [0.25, 0.3) is 5.91 Å². The molecule has 0 saturated carbocycles. The van der Waals surface area contributed by atoms with Crippen molar-refractivity contribution in [3.63, 3.8) is 0 Å². The molecule has 33 heavy (non-hydrogen) atoms. The molecule has 1 amide bonds. The molecule has 1 aliphatic rings. The molecular weight excluding hydrogens is 444 g/mol. The number of hydrogen-bond acceptors (Lipinski definition) is 6. The van der Waals surface area contributed by atoms with Gasteiger partial charge in [-0.25, -0.2) is 8.42 Å². The molecule has 2 aromatic rings. The Labute approximate surface area is 195 Å². The minimum atomic E-state index is -3.35. The van der Waals surface area contributed by atoms with Crippen LogP contribution in [0, 0.1) is 0 Å². The summed E-state index contributed by atoms with van der Waals surface area (Å²) >= 11 is 0. The Morgan fingerprint density at radius 2 is 1.85 bits per heavy atom. The number of benzene rings is 2. The number of anilines is 1. The first-order valence-electron chi connectivity index (χ1n) is 10.8. The zero-order chi connectivity index (χ0) is 24.4. The number of nitrogens with one attached hydrogen (secondary N) is 1. The van der Waals surface area contributed by atoms with Crippen LogP contribution in [0.5, 0.6) is 17.2 Å². The van der Waals surface area contributed by atoms with Crippen molar-refractivity contribution in [1.29, 1.82) is 0 Å². The Kier molecular flexibility index (Phi) is 7.11. The van der Waals surface area contributed by atoms with Crippen molar-refractivity contribution < 1.29 is 27.4 Å². The first-order valence-corrected chi connectivity index (χ1v) is 12.7. The average Bonchev–Trinajstić information content (AvgIpc) is 2.75. The minimum Gasteiger partial charge on any atom is -0.497 e. The Hall–Kier alpha value is -2.94. The Morgan fingerprint density at radius 3 is 2.42 bits per heavy atom. The van der Waals surface area contributed by atoms with E-state index in [2.05, 4.69) is 5.32 Å². The summed E-state index contributed by atoms with van der Waals surface area (Å²) in [6.07, 6.45) is 1.52. The van der Waals surface area contributed by atoms with E-state index in [9.17, 15) is 13.2 Å². The van der Waals surface area contributed by atoms with Gasteiger partial charge in [0.15, 0.2) is 6.10 Å². The van der Waals surface area contributed by atoms with Crippen LogP contribution in [0.2, 0.25) is 0 Å². The molecule has 2 atom stereocenters. The number of ether oxygens (including phenoxy) is 3. The summed E-state index contributed by atoms with van der Waals surface area (Å²) in [5.74, 6) is 1.64. The van der Waals surface area contributed by atoms with Crippen molar-refractivity contribution in [2.75, 3.05) is 24.7 Å². The van der Waals surface area contributed by atoms with Gasteiger partial charge in [-0.3, -0.25) is 9.10 Å². The maximum Gasteiger partial charge on any atom is 0.261 e. The molecule has 0 unspecified atom stereocenters. The van der Waals surface area contributed by atoms with Crippen LogP contribution < -0.4 is 23.8 Å².